The molecule has 0 aliphatic rings. The van der Waals surface area contributed by atoms with Crippen molar-refractivity contribution >= 4 is 41.5 Å². The molecule has 3 aromatic rings. The fourth-order valence-electron chi connectivity index (χ4n) is 2.77. The smallest absolute Gasteiger partial charge is 0.408 e. The van der Waals surface area contributed by atoms with E-state index in [1.165, 1.54) is 22.4 Å². The number of amides is 1. The molecule has 0 fully saturated rings. The van der Waals surface area contributed by atoms with E-state index in [1.54, 1.807) is 6.92 Å². The van der Waals surface area contributed by atoms with Crippen LogP contribution in [0.5, 0.6) is 0 Å². The van der Waals surface area contributed by atoms with Gasteiger partial charge in [0, 0.05) is 5.49 Å². The van der Waals surface area contributed by atoms with Gasteiger partial charge in [0.1, 0.15) is 6.61 Å². The number of benzene rings is 3. The van der Waals surface area contributed by atoms with Gasteiger partial charge in [-0.05, 0) is 31.0 Å². The first-order valence-corrected chi connectivity index (χ1v) is 12.2. The van der Waals surface area contributed by atoms with Crippen LogP contribution >= 0.6 is 19.7 Å². The molecule has 1 N–H and O–H groups in total. The van der Waals surface area contributed by atoms with Gasteiger partial charge in [-0.15, -0.1) is 0 Å². The third-order valence-electron chi connectivity index (χ3n) is 4.37. The van der Waals surface area contributed by atoms with Gasteiger partial charge in [0.05, 0.1) is 6.04 Å². The van der Waals surface area contributed by atoms with Crippen LogP contribution in [0.25, 0.3) is 0 Å². The molecular weight excluding hydrogens is 413 g/mol. The molecule has 0 radical (unpaired) electrons. The Labute approximate surface area is 182 Å². The lowest BCUT2D eigenvalue weighted by molar-refractivity contribution is -0.112. The number of alkyl carbamates (subject to hydrolysis) is 1. The zero-order valence-electron chi connectivity index (χ0n) is 16.7. The van der Waals surface area contributed by atoms with Crippen LogP contribution in [0.3, 0.4) is 0 Å². The van der Waals surface area contributed by atoms with E-state index >= 15 is 0 Å². The molecule has 0 saturated heterocycles. The summed E-state index contributed by atoms with van der Waals surface area (Å²) in [5.41, 5.74) is 1.56. The molecule has 0 unspecified atom stereocenters. The van der Waals surface area contributed by atoms with Crippen molar-refractivity contribution in [3.63, 3.8) is 0 Å². The van der Waals surface area contributed by atoms with Crippen LogP contribution in [0.1, 0.15) is 12.5 Å². The summed E-state index contributed by atoms with van der Waals surface area (Å²) in [6.07, 6.45) is -0.589. The number of thioether (sulfide) groups is 1. The van der Waals surface area contributed by atoms with Gasteiger partial charge in [-0.25, -0.2) is 4.79 Å². The Morgan fingerprint density at radius 2 is 1.37 bits per heavy atom. The maximum atomic E-state index is 12.6. The third kappa shape index (κ3) is 6.72. The summed E-state index contributed by atoms with van der Waals surface area (Å²) in [7, 11) is -0.667. The van der Waals surface area contributed by atoms with Gasteiger partial charge in [0.25, 0.3) is 0 Å². The Morgan fingerprint density at radius 1 is 0.867 bits per heavy atom. The first-order chi connectivity index (χ1) is 14.6. The Morgan fingerprint density at radius 3 is 1.90 bits per heavy atom. The van der Waals surface area contributed by atoms with Crippen LogP contribution in [-0.4, -0.2) is 22.7 Å². The van der Waals surface area contributed by atoms with E-state index in [1.807, 2.05) is 66.7 Å². The summed E-state index contributed by atoms with van der Waals surface area (Å²) in [6.45, 7) is 1.86. The maximum absolute atomic E-state index is 12.6. The van der Waals surface area contributed by atoms with Crippen molar-refractivity contribution in [1.82, 2.24) is 5.32 Å². The average molecular weight is 438 g/mol. The molecular formula is C24H24NO3PS. The standard InChI is InChI=1S/C24H24NO3PS/c1-19(25-24(27)28-17-20-11-5-2-6-12-20)23(26)30-18-29(21-13-7-3-8-14-21)22-15-9-4-10-16-22/h2-16,19H,17-18H2,1H3,(H,25,27)/t19-/m0/s1. The number of hydrogen-bond donors (Lipinski definition) is 1. The summed E-state index contributed by atoms with van der Waals surface area (Å²) in [4.78, 5) is 24.6. The zero-order valence-corrected chi connectivity index (χ0v) is 18.4. The third-order valence-corrected chi connectivity index (χ3v) is 8.40. The highest BCUT2D eigenvalue weighted by molar-refractivity contribution is 8.18. The van der Waals surface area contributed by atoms with Gasteiger partial charge in [-0.1, -0.05) is 103 Å². The average Bonchev–Trinajstić information content (AvgIpc) is 2.80. The number of carbonyl (C=O) groups is 2. The molecule has 1 atom stereocenters. The van der Waals surface area contributed by atoms with Crippen LogP contribution in [0, 0.1) is 0 Å². The molecule has 0 aliphatic carbocycles. The largest absolute Gasteiger partial charge is 0.445 e. The lowest BCUT2D eigenvalue weighted by Gasteiger charge is -2.19. The highest BCUT2D eigenvalue weighted by Gasteiger charge is 2.20. The second-order valence-corrected chi connectivity index (χ2v) is 10.2. The van der Waals surface area contributed by atoms with Crippen molar-refractivity contribution in [1.29, 1.82) is 0 Å². The summed E-state index contributed by atoms with van der Waals surface area (Å²) >= 11 is 1.26. The Kier molecular flexibility index (Phi) is 8.49. The number of ether oxygens (including phenoxy) is 1. The Balaban J connectivity index is 1.53. The van der Waals surface area contributed by atoms with Gasteiger partial charge in [-0.3, -0.25) is 4.79 Å². The predicted molar refractivity (Wildman–Crippen MR) is 126 cm³/mol. The molecule has 3 aromatic carbocycles. The molecule has 6 heteroatoms. The normalized spacial score (nSPS) is 11.7. The van der Waals surface area contributed by atoms with Gasteiger partial charge in [-0.2, -0.15) is 0 Å². The number of carbonyl (C=O) groups excluding carboxylic acids is 2. The molecule has 1 amide bonds. The first kappa shape index (κ1) is 22.1. The van der Waals surface area contributed by atoms with Crippen LogP contribution in [0.15, 0.2) is 91.0 Å². The summed E-state index contributed by atoms with van der Waals surface area (Å²) in [6, 6.07) is 29.3. The van der Waals surface area contributed by atoms with Crippen LogP contribution in [0.4, 0.5) is 4.79 Å². The van der Waals surface area contributed by atoms with Crippen LogP contribution in [-0.2, 0) is 16.1 Å². The Hall–Kier alpha value is -2.62. The number of rotatable bonds is 8. The van der Waals surface area contributed by atoms with Gasteiger partial charge < -0.3 is 10.1 Å². The lowest BCUT2D eigenvalue weighted by Crippen LogP contribution is -2.37. The monoisotopic (exact) mass is 437 g/mol. The fraction of sp³-hybridized carbons (Fsp3) is 0.167. The molecule has 154 valence electrons. The molecule has 0 heterocycles. The minimum absolute atomic E-state index is 0.0778. The van der Waals surface area contributed by atoms with Gasteiger partial charge in [0.2, 0.25) is 5.12 Å². The second kappa shape index (κ2) is 11.5. The highest BCUT2D eigenvalue weighted by Crippen LogP contribution is 2.37. The molecule has 0 saturated carbocycles. The van der Waals surface area contributed by atoms with Crippen molar-refractivity contribution < 1.29 is 14.3 Å². The molecule has 4 nitrogen and oxygen atoms in total. The molecule has 3 rings (SSSR count). The van der Waals surface area contributed by atoms with Crippen molar-refractivity contribution in [2.75, 3.05) is 5.49 Å². The SMILES string of the molecule is C[C@H](NC(=O)OCc1ccccc1)C(=O)SCP(c1ccccc1)c1ccccc1. The predicted octanol–water partition coefficient (Wildman–Crippen LogP) is 4.65. The van der Waals surface area contributed by atoms with Gasteiger partial charge in [0.15, 0.2) is 0 Å². The molecule has 0 aliphatic heterocycles. The van der Waals surface area contributed by atoms with E-state index < -0.39 is 20.1 Å². The zero-order chi connectivity index (χ0) is 21.2. The van der Waals surface area contributed by atoms with E-state index in [4.69, 9.17) is 4.74 Å². The van der Waals surface area contributed by atoms with Crippen molar-refractivity contribution in [3.05, 3.63) is 96.6 Å². The number of nitrogens with one attached hydrogen (secondary N) is 1. The fourth-order valence-corrected chi connectivity index (χ4v) is 6.66. The van der Waals surface area contributed by atoms with E-state index in [-0.39, 0.29) is 11.7 Å². The van der Waals surface area contributed by atoms with Crippen LogP contribution in [0.2, 0.25) is 0 Å². The summed E-state index contributed by atoms with van der Waals surface area (Å²) in [5, 5.41) is 5.00. The molecule has 30 heavy (non-hydrogen) atoms. The highest BCUT2D eigenvalue weighted by atomic mass is 32.2. The lowest BCUT2D eigenvalue weighted by atomic mass is 10.2. The van der Waals surface area contributed by atoms with E-state index in [2.05, 4.69) is 29.6 Å². The van der Waals surface area contributed by atoms with Crippen molar-refractivity contribution in [2.45, 2.75) is 19.6 Å². The first-order valence-electron chi connectivity index (χ1n) is 9.65. The van der Waals surface area contributed by atoms with Gasteiger partial charge >= 0.3 is 6.09 Å². The Bertz CT molecular complexity index is 899. The van der Waals surface area contributed by atoms with E-state index in [9.17, 15) is 9.59 Å². The minimum atomic E-state index is -0.667. The van der Waals surface area contributed by atoms with Crippen molar-refractivity contribution in [2.24, 2.45) is 0 Å². The molecule has 0 bridgehead atoms. The van der Waals surface area contributed by atoms with E-state index in [0.717, 1.165) is 5.56 Å². The van der Waals surface area contributed by atoms with Crippen LogP contribution < -0.4 is 15.9 Å². The number of hydrogen-bond acceptors (Lipinski definition) is 4. The summed E-state index contributed by atoms with van der Waals surface area (Å²) in [5.74, 6) is 0. The van der Waals surface area contributed by atoms with Crippen molar-refractivity contribution in [3.8, 4) is 0 Å². The van der Waals surface area contributed by atoms with E-state index in [0.29, 0.717) is 5.49 Å². The second-order valence-electron chi connectivity index (χ2n) is 6.62. The molecule has 0 spiro atoms. The quantitative estimate of drug-likeness (QED) is 0.521. The topological polar surface area (TPSA) is 55.4 Å². The minimum Gasteiger partial charge on any atom is -0.445 e. The molecule has 0 aromatic heterocycles. The maximum Gasteiger partial charge on any atom is 0.408 e. The summed E-state index contributed by atoms with van der Waals surface area (Å²) < 4.78 is 5.21.